The van der Waals surface area contributed by atoms with E-state index >= 15 is 0 Å². The second kappa shape index (κ2) is 8.92. The maximum absolute atomic E-state index is 13.4. The molecule has 0 fully saturated rings. The lowest BCUT2D eigenvalue weighted by atomic mass is 10.0. The molecule has 2 amide bonds. The summed E-state index contributed by atoms with van der Waals surface area (Å²) < 4.78 is 0. The number of aromatic amines is 1. The topological polar surface area (TPSA) is 78.1 Å². The lowest BCUT2D eigenvalue weighted by Crippen LogP contribution is -2.26. The fraction of sp³-hybridized carbons (Fsp3) is 0.400. The molecular formula is C25H30N4O2. The Bertz CT molecular complexity index is 1130. The minimum atomic E-state index is -0.0502. The van der Waals surface area contributed by atoms with Crippen molar-refractivity contribution in [3.63, 3.8) is 0 Å². The smallest absolute Gasteiger partial charge is 0.254 e. The summed E-state index contributed by atoms with van der Waals surface area (Å²) in [6.07, 6.45) is 3.91. The second-order valence-corrected chi connectivity index (χ2v) is 8.39. The van der Waals surface area contributed by atoms with Crippen LogP contribution in [0.5, 0.6) is 0 Å². The summed E-state index contributed by atoms with van der Waals surface area (Å²) in [6, 6.07) is 9.75. The molecule has 0 atom stereocenters. The van der Waals surface area contributed by atoms with E-state index in [1.165, 1.54) is 0 Å². The van der Waals surface area contributed by atoms with Crippen molar-refractivity contribution in [2.24, 2.45) is 0 Å². The zero-order chi connectivity index (χ0) is 22.0. The predicted molar refractivity (Wildman–Crippen MR) is 122 cm³/mol. The third-order valence-corrected chi connectivity index (χ3v) is 6.00. The highest BCUT2D eigenvalue weighted by Crippen LogP contribution is 2.28. The van der Waals surface area contributed by atoms with Crippen LogP contribution in [0.15, 0.2) is 30.3 Å². The molecule has 4 rings (SSSR count). The van der Waals surface area contributed by atoms with E-state index in [1.807, 2.05) is 42.2 Å². The molecule has 162 valence electrons. The summed E-state index contributed by atoms with van der Waals surface area (Å²) >= 11 is 0. The van der Waals surface area contributed by atoms with Crippen LogP contribution < -0.4 is 5.32 Å². The fourth-order valence-electron chi connectivity index (χ4n) is 4.22. The lowest BCUT2D eigenvalue weighted by Gasteiger charge is -2.17. The molecule has 0 unspecified atom stereocenters. The van der Waals surface area contributed by atoms with Gasteiger partial charge < -0.3 is 10.2 Å². The molecule has 0 saturated carbocycles. The first-order valence-corrected chi connectivity index (χ1v) is 11.2. The van der Waals surface area contributed by atoms with Crippen molar-refractivity contribution in [2.75, 3.05) is 6.54 Å². The van der Waals surface area contributed by atoms with Gasteiger partial charge in [0.1, 0.15) is 0 Å². The summed E-state index contributed by atoms with van der Waals surface area (Å²) in [5.74, 6) is -0.0288. The van der Waals surface area contributed by atoms with Crippen LogP contribution >= 0.6 is 0 Å². The Morgan fingerprint density at radius 3 is 2.68 bits per heavy atom. The number of carbonyl (C=O) groups is 2. The molecule has 2 aromatic carbocycles. The SMILES string of the molecule is CCCCNC(=O)c1ccc2c(c1)CN(C(=O)c1cc3c(CCC)n[nH]c3cc1C)C2. The highest BCUT2D eigenvalue weighted by molar-refractivity contribution is 6.00. The van der Waals surface area contributed by atoms with Gasteiger partial charge in [0.05, 0.1) is 11.2 Å². The van der Waals surface area contributed by atoms with Crippen molar-refractivity contribution in [1.29, 1.82) is 0 Å². The van der Waals surface area contributed by atoms with Crippen LogP contribution in [0.25, 0.3) is 10.9 Å². The molecule has 0 saturated heterocycles. The van der Waals surface area contributed by atoms with Crippen LogP contribution in [0.4, 0.5) is 0 Å². The molecule has 6 heteroatoms. The Morgan fingerprint density at radius 1 is 1.10 bits per heavy atom. The van der Waals surface area contributed by atoms with E-state index in [4.69, 9.17) is 0 Å². The molecule has 0 radical (unpaired) electrons. The van der Waals surface area contributed by atoms with Gasteiger partial charge in [0.2, 0.25) is 0 Å². The molecule has 2 N–H and O–H groups in total. The van der Waals surface area contributed by atoms with Crippen LogP contribution in [0, 0.1) is 6.92 Å². The number of H-pyrrole nitrogens is 1. The number of aryl methyl sites for hydroxylation is 2. The van der Waals surface area contributed by atoms with Crippen molar-refractivity contribution >= 4 is 22.7 Å². The molecule has 0 aliphatic carbocycles. The van der Waals surface area contributed by atoms with Crippen LogP contribution in [0.3, 0.4) is 0 Å². The molecular weight excluding hydrogens is 388 g/mol. The highest BCUT2D eigenvalue weighted by Gasteiger charge is 2.26. The third kappa shape index (κ3) is 4.20. The second-order valence-electron chi connectivity index (χ2n) is 8.39. The maximum atomic E-state index is 13.4. The predicted octanol–water partition coefficient (Wildman–Crippen LogP) is 4.51. The van der Waals surface area contributed by atoms with Gasteiger partial charge in [0.25, 0.3) is 11.8 Å². The monoisotopic (exact) mass is 418 g/mol. The largest absolute Gasteiger partial charge is 0.352 e. The first kappa shape index (κ1) is 21.1. The zero-order valence-corrected chi connectivity index (χ0v) is 18.5. The summed E-state index contributed by atoms with van der Waals surface area (Å²) in [5.41, 5.74) is 6.45. The summed E-state index contributed by atoms with van der Waals surface area (Å²) in [7, 11) is 0. The Labute approximate surface area is 183 Å². The number of amides is 2. The van der Waals surface area contributed by atoms with Crippen molar-refractivity contribution in [1.82, 2.24) is 20.4 Å². The van der Waals surface area contributed by atoms with Gasteiger partial charge in [-0.2, -0.15) is 5.10 Å². The number of hydrogen-bond acceptors (Lipinski definition) is 3. The van der Waals surface area contributed by atoms with Gasteiger partial charge in [-0.25, -0.2) is 0 Å². The number of carbonyl (C=O) groups excluding carboxylic acids is 2. The normalized spacial score (nSPS) is 12.9. The number of unbranched alkanes of at least 4 members (excludes halogenated alkanes) is 1. The van der Waals surface area contributed by atoms with Crippen LogP contribution in [-0.4, -0.2) is 33.5 Å². The number of aromatic nitrogens is 2. The number of benzene rings is 2. The van der Waals surface area contributed by atoms with E-state index in [0.717, 1.165) is 64.5 Å². The minimum Gasteiger partial charge on any atom is -0.352 e. The maximum Gasteiger partial charge on any atom is 0.254 e. The fourth-order valence-corrected chi connectivity index (χ4v) is 4.22. The van der Waals surface area contributed by atoms with Gasteiger partial charge in [-0.15, -0.1) is 0 Å². The van der Waals surface area contributed by atoms with Gasteiger partial charge in [-0.1, -0.05) is 32.8 Å². The van der Waals surface area contributed by atoms with Gasteiger partial charge in [0.15, 0.2) is 0 Å². The van der Waals surface area contributed by atoms with Gasteiger partial charge in [-0.3, -0.25) is 14.7 Å². The van der Waals surface area contributed by atoms with Crippen LogP contribution in [0.1, 0.15) is 76.2 Å². The molecule has 0 spiro atoms. The van der Waals surface area contributed by atoms with Crippen molar-refractivity contribution in [3.05, 3.63) is 63.8 Å². The Morgan fingerprint density at radius 2 is 1.90 bits per heavy atom. The van der Waals surface area contributed by atoms with Crippen molar-refractivity contribution in [3.8, 4) is 0 Å². The molecule has 31 heavy (non-hydrogen) atoms. The van der Waals surface area contributed by atoms with Gasteiger partial charge >= 0.3 is 0 Å². The number of fused-ring (bicyclic) bond motifs is 2. The summed E-state index contributed by atoms with van der Waals surface area (Å²) in [4.78, 5) is 27.6. The number of hydrogen-bond donors (Lipinski definition) is 2. The van der Waals surface area contributed by atoms with E-state index in [-0.39, 0.29) is 11.8 Å². The summed E-state index contributed by atoms with van der Waals surface area (Å²) in [6.45, 7) is 7.97. The average molecular weight is 419 g/mol. The number of nitrogens with one attached hydrogen (secondary N) is 2. The average Bonchev–Trinajstić information content (AvgIpc) is 3.36. The first-order valence-electron chi connectivity index (χ1n) is 11.2. The Balaban J connectivity index is 1.54. The van der Waals surface area contributed by atoms with Gasteiger partial charge in [0, 0.05) is 36.1 Å². The zero-order valence-electron chi connectivity index (χ0n) is 18.5. The Kier molecular flexibility index (Phi) is 6.07. The molecule has 0 bridgehead atoms. The number of nitrogens with zero attached hydrogens (tertiary/aromatic N) is 2. The van der Waals surface area contributed by atoms with E-state index in [0.29, 0.717) is 25.2 Å². The number of rotatable bonds is 7. The molecule has 2 heterocycles. The molecule has 1 aliphatic rings. The minimum absolute atomic E-state index is 0.0215. The van der Waals surface area contributed by atoms with Crippen LogP contribution in [0.2, 0.25) is 0 Å². The van der Waals surface area contributed by atoms with E-state index < -0.39 is 0 Å². The van der Waals surface area contributed by atoms with Crippen LogP contribution in [-0.2, 0) is 19.5 Å². The summed E-state index contributed by atoms with van der Waals surface area (Å²) in [5, 5.41) is 11.5. The molecule has 1 aromatic heterocycles. The van der Waals surface area contributed by atoms with E-state index in [2.05, 4.69) is 29.4 Å². The van der Waals surface area contributed by atoms with Crippen molar-refractivity contribution < 1.29 is 9.59 Å². The third-order valence-electron chi connectivity index (χ3n) is 6.00. The van der Waals surface area contributed by atoms with E-state index in [1.54, 1.807) is 0 Å². The van der Waals surface area contributed by atoms with E-state index in [9.17, 15) is 9.59 Å². The highest BCUT2D eigenvalue weighted by atomic mass is 16.2. The molecule has 3 aromatic rings. The first-order chi connectivity index (χ1) is 15.0. The molecule has 6 nitrogen and oxygen atoms in total. The molecule has 1 aliphatic heterocycles. The quantitative estimate of drug-likeness (QED) is 0.554. The van der Waals surface area contributed by atoms with Gasteiger partial charge in [-0.05, 0) is 60.7 Å². The van der Waals surface area contributed by atoms with Crippen molar-refractivity contribution in [2.45, 2.75) is 59.5 Å². The standard InChI is InChI=1S/C25H30N4O2/c1-4-6-10-26-24(30)17-8-9-18-14-29(15-19(18)12-17)25(31)20-13-21-22(7-5-2)27-28-23(21)11-16(20)3/h8-9,11-13H,4-7,10,14-15H2,1-3H3,(H,26,30)(H,27,28). The lowest BCUT2D eigenvalue weighted by molar-refractivity contribution is 0.0750. The Hall–Kier alpha value is -3.15.